The van der Waals surface area contributed by atoms with Crippen molar-refractivity contribution in [2.45, 2.75) is 82.6 Å². The molecule has 0 radical (unpaired) electrons. The summed E-state index contributed by atoms with van der Waals surface area (Å²) in [5.41, 5.74) is 3.19. The first-order valence-electron chi connectivity index (χ1n) is 10.3. The third-order valence-corrected chi connectivity index (χ3v) is 7.03. The van der Waals surface area contributed by atoms with E-state index in [-0.39, 0.29) is 18.3 Å². The number of hydrogen-bond acceptors (Lipinski definition) is 5. The van der Waals surface area contributed by atoms with Crippen LogP contribution in [0.1, 0.15) is 64.2 Å². The molecule has 2 saturated heterocycles. The molecule has 0 aromatic carbocycles. The van der Waals surface area contributed by atoms with E-state index in [1.165, 1.54) is 51.6 Å². The minimum Gasteiger partial charge on any atom is -0.481 e. The molecule has 4 unspecified atom stereocenters. The van der Waals surface area contributed by atoms with Crippen LogP contribution in [0.4, 0.5) is 0 Å². The van der Waals surface area contributed by atoms with E-state index in [0.717, 1.165) is 31.7 Å². The lowest BCUT2D eigenvalue weighted by molar-refractivity contribution is -0.143. The van der Waals surface area contributed by atoms with Gasteiger partial charge in [0, 0.05) is 12.0 Å². The van der Waals surface area contributed by atoms with Gasteiger partial charge in [-0.2, -0.15) is 5.48 Å². The molecule has 2 aliphatic heterocycles. The first kappa shape index (κ1) is 17.7. The zero-order chi connectivity index (χ0) is 17.2. The Hall–Kier alpha value is -0.690. The van der Waals surface area contributed by atoms with E-state index in [9.17, 15) is 9.90 Å². The molecule has 0 aromatic heterocycles. The normalized spacial score (nSPS) is 43.4. The molecule has 3 N–H and O–H groups in total. The average Bonchev–Trinajstić information content (AvgIpc) is 3.34. The molecule has 6 heteroatoms. The van der Waals surface area contributed by atoms with Crippen molar-refractivity contribution in [2.24, 2.45) is 17.8 Å². The second kappa shape index (κ2) is 7.91. The molecule has 0 bridgehead atoms. The molecule has 142 valence electrons. The third kappa shape index (κ3) is 4.02. The fraction of sp³-hybridized carbons (Fsp3) is 0.947. The van der Waals surface area contributed by atoms with Crippen molar-refractivity contribution >= 4 is 5.97 Å². The largest absolute Gasteiger partial charge is 0.481 e. The van der Waals surface area contributed by atoms with Crippen molar-refractivity contribution in [3.63, 3.8) is 0 Å². The van der Waals surface area contributed by atoms with E-state index in [1.54, 1.807) is 0 Å². The number of hydrogen-bond donors (Lipinski definition) is 3. The molecule has 4 atom stereocenters. The number of nitrogens with one attached hydrogen (secondary N) is 2. The Morgan fingerprint density at radius 2 is 1.72 bits per heavy atom. The number of hydroxylamine groups is 1. The summed E-state index contributed by atoms with van der Waals surface area (Å²) in [5.74, 6) is 0.119. The predicted molar refractivity (Wildman–Crippen MR) is 94.6 cm³/mol. The Morgan fingerprint density at radius 1 is 0.960 bits per heavy atom. The highest BCUT2D eigenvalue weighted by Crippen LogP contribution is 2.35. The van der Waals surface area contributed by atoms with E-state index in [4.69, 9.17) is 4.84 Å². The topological polar surface area (TPSA) is 73.8 Å². The van der Waals surface area contributed by atoms with Crippen molar-refractivity contribution in [2.75, 3.05) is 13.1 Å². The van der Waals surface area contributed by atoms with Gasteiger partial charge < -0.3 is 10.0 Å². The Morgan fingerprint density at radius 3 is 2.44 bits per heavy atom. The van der Waals surface area contributed by atoms with Crippen LogP contribution in [0.3, 0.4) is 0 Å². The molecule has 0 aromatic rings. The molecule has 4 rings (SSSR count). The Bertz CT molecular complexity index is 461. The maximum Gasteiger partial charge on any atom is 0.306 e. The summed E-state index contributed by atoms with van der Waals surface area (Å²) in [5, 5.41) is 12.9. The van der Waals surface area contributed by atoms with Gasteiger partial charge in [0.25, 0.3) is 0 Å². The summed E-state index contributed by atoms with van der Waals surface area (Å²) in [6.07, 6.45) is 11.7. The maximum atomic E-state index is 11.3. The van der Waals surface area contributed by atoms with Crippen molar-refractivity contribution in [1.29, 1.82) is 0 Å². The second-order valence-corrected chi connectivity index (χ2v) is 8.57. The molecular formula is C19H33N3O3. The van der Waals surface area contributed by atoms with Gasteiger partial charge in [-0.25, -0.2) is 0 Å². The molecular weight excluding hydrogens is 318 g/mol. The van der Waals surface area contributed by atoms with E-state index >= 15 is 0 Å². The Kier molecular flexibility index (Phi) is 5.60. The van der Waals surface area contributed by atoms with E-state index < -0.39 is 5.97 Å². The lowest BCUT2D eigenvalue weighted by atomic mass is 9.79. The van der Waals surface area contributed by atoms with Gasteiger partial charge in [-0.1, -0.05) is 6.42 Å². The highest BCUT2D eigenvalue weighted by molar-refractivity contribution is 5.70. The molecule has 25 heavy (non-hydrogen) atoms. The van der Waals surface area contributed by atoms with Crippen LogP contribution in [0.2, 0.25) is 0 Å². The van der Waals surface area contributed by atoms with Gasteiger partial charge in [-0.3, -0.25) is 14.9 Å². The first-order chi connectivity index (χ1) is 12.2. The van der Waals surface area contributed by atoms with E-state index in [2.05, 4.69) is 15.7 Å². The van der Waals surface area contributed by atoms with Crippen molar-refractivity contribution in [3.8, 4) is 0 Å². The summed E-state index contributed by atoms with van der Waals surface area (Å²) in [7, 11) is 0. The minimum absolute atomic E-state index is 0.0923. The maximum absolute atomic E-state index is 11.3. The zero-order valence-corrected chi connectivity index (χ0v) is 15.2. The average molecular weight is 351 g/mol. The highest BCUT2D eigenvalue weighted by atomic mass is 16.7. The third-order valence-electron chi connectivity index (χ3n) is 7.03. The standard InChI is InChI=1S/C19H33N3O3/c23-19(24)15-5-3-4-14(12-15)17-20-18(25-21-17)13-6-8-16(9-7-13)22-10-1-2-11-22/h13-18,20-21H,1-12H2,(H,23,24). The van der Waals surface area contributed by atoms with Gasteiger partial charge in [0.1, 0.15) is 6.23 Å². The van der Waals surface area contributed by atoms with E-state index in [1.807, 2.05) is 0 Å². The first-order valence-corrected chi connectivity index (χ1v) is 10.3. The van der Waals surface area contributed by atoms with Crippen LogP contribution in [0.5, 0.6) is 0 Å². The highest BCUT2D eigenvalue weighted by Gasteiger charge is 2.40. The summed E-state index contributed by atoms with van der Waals surface area (Å²) in [6.45, 7) is 2.59. The van der Waals surface area contributed by atoms with Crippen molar-refractivity contribution in [3.05, 3.63) is 0 Å². The predicted octanol–water partition coefficient (Wildman–Crippen LogP) is 2.31. The minimum atomic E-state index is -0.639. The number of carboxylic acids is 1. The molecule has 4 fully saturated rings. The zero-order valence-electron chi connectivity index (χ0n) is 15.2. The van der Waals surface area contributed by atoms with Crippen LogP contribution in [0.25, 0.3) is 0 Å². The molecule has 2 aliphatic carbocycles. The van der Waals surface area contributed by atoms with E-state index in [0.29, 0.717) is 11.8 Å². The van der Waals surface area contributed by atoms with Gasteiger partial charge in [-0.05, 0) is 76.8 Å². The molecule has 2 heterocycles. The van der Waals surface area contributed by atoms with Gasteiger partial charge in [-0.15, -0.1) is 0 Å². The molecule has 6 nitrogen and oxygen atoms in total. The van der Waals surface area contributed by atoms with Gasteiger partial charge in [0.15, 0.2) is 0 Å². The Labute approximate surface area is 150 Å². The van der Waals surface area contributed by atoms with Crippen LogP contribution in [-0.2, 0) is 9.63 Å². The number of likely N-dealkylation sites (tertiary alicyclic amines) is 1. The SMILES string of the molecule is O=C(O)C1CCCC(C2NOC(C3CCC(N4CCCC4)CC3)N2)C1. The number of rotatable bonds is 4. The van der Waals surface area contributed by atoms with Crippen LogP contribution >= 0.6 is 0 Å². The number of carbonyl (C=O) groups is 1. The van der Waals surface area contributed by atoms with Crippen LogP contribution in [0.15, 0.2) is 0 Å². The van der Waals surface area contributed by atoms with Crippen LogP contribution < -0.4 is 10.8 Å². The fourth-order valence-electron chi connectivity index (χ4n) is 5.49. The van der Waals surface area contributed by atoms with Crippen molar-refractivity contribution in [1.82, 2.24) is 15.7 Å². The number of aliphatic carboxylic acids is 1. The second-order valence-electron chi connectivity index (χ2n) is 8.57. The lowest BCUT2D eigenvalue weighted by Crippen LogP contribution is -2.45. The molecule has 0 spiro atoms. The number of carboxylic acid groups (broad SMARTS) is 1. The summed E-state index contributed by atoms with van der Waals surface area (Å²) < 4.78 is 0. The molecule has 0 amide bonds. The fourth-order valence-corrected chi connectivity index (χ4v) is 5.49. The number of nitrogens with zero attached hydrogens (tertiary/aromatic N) is 1. The van der Waals surface area contributed by atoms with Gasteiger partial charge >= 0.3 is 5.97 Å². The summed E-state index contributed by atoms with van der Waals surface area (Å²) in [4.78, 5) is 19.9. The summed E-state index contributed by atoms with van der Waals surface area (Å²) >= 11 is 0. The molecule has 4 aliphatic rings. The summed E-state index contributed by atoms with van der Waals surface area (Å²) in [6, 6.07) is 0.790. The smallest absolute Gasteiger partial charge is 0.306 e. The lowest BCUT2D eigenvalue weighted by Gasteiger charge is -2.36. The van der Waals surface area contributed by atoms with Gasteiger partial charge in [0.05, 0.1) is 12.1 Å². The quantitative estimate of drug-likeness (QED) is 0.722. The Balaban J connectivity index is 1.25. The van der Waals surface area contributed by atoms with Crippen LogP contribution in [-0.4, -0.2) is 47.5 Å². The van der Waals surface area contributed by atoms with Gasteiger partial charge in [0.2, 0.25) is 0 Å². The van der Waals surface area contributed by atoms with Crippen molar-refractivity contribution < 1.29 is 14.7 Å². The monoisotopic (exact) mass is 351 g/mol. The molecule has 2 saturated carbocycles. The van der Waals surface area contributed by atoms with Crippen LogP contribution in [0, 0.1) is 17.8 Å².